The number of halogens is 3. The van der Waals surface area contributed by atoms with E-state index in [1.54, 1.807) is 30.3 Å². The second kappa shape index (κ2) is 24.1. The standard InChI is InChI=1S/C30H31FN4O2.C16H11ClFN.C14H21N3O2/c1-21-29(23-6-2-4-8-25(23)31)32-26-9-5-3-7-24(26)30(21)33-27-20-22(34-12-16-36-17-13-34)10-11-28(27)35-14-18-37-19-15-35;1-10-15(17)12-7-3-5-9-14(12)19-16(10)11-6-2-4-8-13(11)18;15-13-11-12(16-3-7-18-8-4-16)1-2-14(13)17-5-9-19-10-6-17/h2-11,20H,12-19H2,1H3,(H,32,33);2-9H,1H3;1-2,11H,3-10,15H2. The maximum absolute atomic E-state index is 14.9. The van der Waals surface area contributed by atoms with Gasteiger partial charge in [0.2, 0.25) is 0 Å². The van der Waals surface area contributed by atoms with Crippen LogP contribution in [-0.2, 0) is 18.9 Å². The molecule has 12 nitrogen and oxygen atoms in total. The van der Waals surface area contributed by atoms with Crippen LogP contribution < -0.4 is 30.7 Å². The minimum atomic E-state index is -0.288. The summed E-state index contributed by atoms with van der Waals surface area (Å²) in [6.45, 7) is 17.0. The van der Waals surface area contributed by atoms with Gasteiger partial charge in [-0.15, -0.1) is 0 Å². The number of ether oxygens (including phenoxy) is 4. The molecule has 6 heterocycles. The van der Waals surface area contributed by atoms with Gasteiger partial charge in [0, 0.05) is 85.6 Å². The summed E-state index contributed by atoms with van der Waals surface area (Å²) in [5, 5.41) is 6.31. The molecule has 4 aliphatic rings. The van der Waals surface area contributed by atoms with Crippen LogP contribution >= 0.6 is 11.6 Å². The fourth-order valence-corrected chi connectivity index (χ4v) is 10.3. The summed E-state index contributed by atoms with van der Waals surface area (Å²) >= 11 is 6.37. The quantitative estimate of drug-likeness (QED) is 0.141. The number of nitrogens with one attached hydrogen (secondary N) is 1. The Morgan fingerprint density at radius 1 is 0.480 bits per heavy atom. The normalized spacial score (nSPS) is 16.0. The molecule has 8 aromatic rings. The summed E-state index contributed by atoms with van der Waals surface area (Å²) in [5.74, 6) is -0.563. The summed E-state index contributed by atoms with van der Waals surface area (Å²) in [5.41, 5.74) is 19.2. The predicted octanol–water partition coefficient (Wildman–Crippen LogP) is 11.7. The van der Waals surface area contributed by atoms with Gasteiger partial charge >= 0.3 is 0 Å². The number of nitrogens with zero attached hydrogens (tertiary/aromatic N) is 6. The highest BCUT2D eigenvalue weighted by Gasteiger charge is 2.23. The Balaban J connectivity index is 0.000000142. The van der Waals surface area contributed by atoms with Crippen molar-refractivity contribution in [2.24, 2.45) is 0 Å². The number of nitrogens with two attached hydrogens (primary N) is 1. The molecule has 0 saturated carbocycles. The van der Waals surface area contributed by atoms with Crippen LogP contribution in [0.3, 0.4) is 0 Å². The van der Waals surface area contributed by atoms with Crippen molar-refractivity contribution >= 4 is 73.2 Å². The van der Waals surface area contributed by atoms with E-state index >= 15 is 0 Å². The lowest BCUT2D eigenvalue weighted by Crippen LogP contribution is -2.37. The Kier molecular flexibility index (Phi) is 16.5. The third-order valence-electron chi connectivity index (χ3n) is 14.2. The zero-order valence-electron chi connectivity index (χ0n) is 42.5. The maximum Gasteiger partial charge on any atom is 0.132 e. The van der Waals surface area contributed by atoms with Gasteiger partial charge in [-0.05, 0) is 97.8 Å². The first-order valence-corrected chi connectivity index (χ1v) is 26.1. The van der Waals surface area contributed by atoms with Gasteiger partial charge in [0.1, 0.15) is 11.6 Å². The zero-order valence-corrected chi connectivity index (χ0v) is 43.3. The molecule has 0 amide bonds. The number of fused-ring (bicyclic) bond motifs is 2. The third-order valence-corrected chi connectivity index (χ3v) is 14.6. The molecule has 2 aromatic heterocycles. The molecule has 388 valence electrons. The SMILES string of the molecule is Cc1c(-c2ccccc2F)nc2ccccc2c1Cl.Cc1c(-c2ccccc2F)nc2ccccc2c1Nc1cc(N2CCOCC2)ccc1N1CCOCC1.Nc1cc(N2CCOCC2)ccc1N1CCOCC1. The molecule has 3 N–H and O–H groups in total. The molecule has 0 spiro atoms. The number of hydrogen-bond acceptors (Lipinski definition) is 12. The minimum Gasteiger partial charge on any atom is -0.397 e. The molecule has 6 aromatic carbocycles. The van der Waals surface area contributed by atoms with Crippen molar-refractivity contribution < 1.29 is 27.7 Å². The van der Waals surface area contributed by atoms with E-state index in [0.29, 0.717) is 40.8 Å². The van der Waals surface area contributed by atoms with Gasteiger partial charge < -0.3 is 49.6 Å². The molecule has 0 radical (unpaired) electrons. The fourth-order valence-electron chi connectivity index (χ4n) is 10.1. The van der Waals surface area contributed by atoms with Crippen molar-refractivity contribution in [2.75, 3.05) is 136 Å². The summed E-state index contributed by atoms with van der Waals surface area (Å²) in [7, 11) is 0. The molecular formula is C60H63ClF2N8O4. The first-order valence-electron chi connectivity index (χ1n) is 25.8. The monoisotopic (exact) mass is 1030 g/mol. The van der Waals surface area contributed by atoms with E-state index in [2.05, 4.69) is 72.4 Å². The summed E-state index contributed by atoms with van der Waals surface area (Å²) in [6, 6.07) is 42.1. The van der Waals surface area contributed by atoms with Gasteiger partial charge in [0.15, 0.2) is 0 Å². The van der Waals surface area contributed by atoms with Crippen molar-refractivity contribution in [3.8, 4) is 22.5 Å². The number of nitrogen functional groups attached to an aromatic ring is 1. The van der Waals surface area contributed by atoms with E-state index in [4.69, 9.17) is 41.3 Å². The number of para-hydroxylation sites is 2. The molecule has 75 heavy (non-hydrogen) atoms. The zero-order chi connectivity index (χ0) is 51.7. The van der Waals surface area contributed by atoms with Crippen molar-refractivity contribution in [1.82, 2.24) is 9.97 Å². The lowest BCUT2D eigenvalue weighted by molar-refractivity contribution is 0.122. The van der Waals surface area contributed by atoms with Crippen LogP contribution in [0.2, 0.25) is 5.02 Å². The second-order valence-electron chi connectivity index (χ2n) is 18.8. The molecular weight excluding hydrogens is 970 g/mol. The maximum atomic E-state index is 14.9. The topological polar surface area (TPSA) is 114 Å². The predicted molar refractivity (Wildman–Crippen MR) is 301 cm³/mol. The van der Waals surface area contributed by atoms with Crippen LogP contribution in [0.1, 0.15) is 11.1 Å². The van der Waals surface area contributed by atoms with Gasteiger partial charge in [0.25, 0.3) is 0 Å². The molecule has 0 bridgehead atoms. The second-order valence-corrected chi connectivity index (χ2v) is 19.2. The average Bonchev–Trinajstić information content (AvgIpc) is 3.46. The summed E-state index contributed by atoms with van der Waals surface area (Å²) in [6.07, 6.45) is 0. The van der Waals surface area contributed by atoms with E-state index < -0.39 is 0 Å². The van der Waals surface area contributed by atoms with E-state index in [9.17, 15) is 8.78 Å². The Morgan fingerprint density at radius 2 is 0.893 bits per heavy atom. The van der Waals surface area contributed by atoms with Crippen molar-refractivity contribution in [3.05, 3.63) is 161 Å². The van der Waals surface area contributed by atoms with Crippen LogP contribution in [0.5, 0.6) is 0 Å². The number of anilines is 7. The van der Waals surface area contributed by atoms with E-state index in [1.165, 1.54) is 17.8 Å². The molecule has 0 aliphatic carbocycles. The lowest BCUT2D eigenvalue weighted by Gasteiger charge is -2.33. The number of pyridine rings is 2. The average molecular weight is 1030 g/mol. The fraction of sp³-hybridized carbons (Fsp3) is 0.300. The lowest BCUT2D eigenvalue weighted by atomic mass is 10.0. The van der Waals surface area contributed by atoms with Gasteiger partial charge in [-0.2, -0.15) is 0 Å². The molecule has 4 fully saturated rings. The van der Waals surface area contributed by atoms with E-state index in [-0.39, 0.29) is 11.6 Å². The highest BCUT2D eigenvalue weighted by Crippen LogP contribution is 2.40. The molecule has 4 saturated heterocycles. The highest BCUT2D eigenvalue weighted by atomic mass is 35.5. The van der Waals surface area contributed by atoms with Crippen LogP contribution in [0, 0.1) is 25.5 Å². The van der Waals surface area contributed by atoms with E-state index in [0.717, 1.165) is 159 Å². The Hall–Kier alpha value is -7.07. The Bertz CT molecular complexity index is 3250. The minimum absolute atomic E-state index is 0.275. The van der Waals surface area contributed by atoms with Gasteiger partial charge in [-0.1, -0.05) is 72.3 Å². The van der Waals surface area contributed by atoms with Crippen LogP contribution in [0.4, 0.5) is 48.6 Å². The number of aromatic nitrogens is 2. The number of hydrogen-bond donors (Lipinski definition) is 2. The smallest absolute Gasteiger partial charge is 0.132 e. The largest absolute Gasteiger partial charge is 0.397 e. The molecule has 12 rings (SSSR count). The number of benzene rings is 6. The van der Waals surface area contributed by atoms with Crippen molar-refractivity contribution in [3.63, 3.8) is 0 Å². The molecule has 15 heteroatoms. The molecule has 4 aliphatic heterocycles. The first-order chi connectivity index (χ1) is 36.7. The summed E-state index contributed by atoms with van der Waals surface area (Å²) < 4.78 is 50.7. The highest BCUT2D eigenvalue weighted by molar-refractivity contribution is 6.36. The van der Waals surface area contributed by atoms with Crippen LogP contribution in [0.25, 0.3) is 44.3 Å². The first kappa shape index (κ1) is 51.4. The van der Waals surface area contributed by atoms with Crippen molar-refractivity contribution in [1.29, 1.82) is 0 Å². The third kappa shape index (κ3) is 11.8. The van der Waals surface area contributed by atoms with Gasteiger partial charge in [0.05, 0.1) is 109 Å². The van der Waals surface area contributed by atoms with E-state index in [1.807, 2.05) is 62.4 Å². The Labute approximate surface area is 442 Å². The van der Waals surface area contributed by atoms with Gasteiger partial charge in [-0.25, -0.2) is 18.7 Å². The van der Waals surface area contributed by atoms with Crippen LogP contribution in [-0.4, -0.2) is 115 Å². The Morgan fingerprint density at radius 3 is 1.41 bits per heavy atom. The van der Waals surface area contributed by atoms with Crippen molar-refractivity contribution in [2.45, 2.75) is 13.8 Å². The molecule has 0 unspecified atom stereocenters. The number of morpholine rings is 4. The summed E-state index contributed by atoms with van der Waals surface area (Å²) in [4.78, 5) is 18.8. The molecule has 0 atom stereocenters. The number of rotatable bonds is 8. The van der Waals surface area contributed by atoms with Crippen LogP contribution in [0.15, 0.2) is 133 Å². The van der Waals surface area contributed by atoms with Gasteiger partial charge in [-0.3, -0.25) is 0 Å².